The molecule has 130 valence electrons. The van der Waals surface area contributed by atoms with Gasteiger partial charge >= 0.3 is 0 Å². The van der Waals surface area contributed by atoms with Crippen LogP contribution in [0, 0.1) is 0 Å². The van der Waals surface area contributed by atoms with Gasteiger partial charge in [0.25, 0.3) is 0 Å². The van der Waals surface area contributed by atoms with Gasteiger partial charge in [-0.1, -0.05) is 0 Å². The molecule has 2 fully saturated rings. The summed E-state index contributed by atoms with van der Waals surface area (Å²) in [5, 5.41) is 3.63. The van der Waals surface area contributed by atoms with Crippen LogP contribution in [0.15, 0.2) is 4.99 Å². The molecule has 0 unspecified atom stereocenters. The molecule has 0 bridgehead atoms. The highest BCUT2D eigenvalue weighted by atomic mass is 127. The van der Waals surface area contributed by atoms with Crippen LogP contribution in [-0.4, -0.2) is 72.3 Å². The fraction of sp³-hybridized carbons (Fsp3) is 0.933. The van der Waals surface area contributed by atoms with E-state index in [0.29, 0.717) is 9.49 Å². The van der Waals surface area contributed by atoms with Crippen molar-refractivity contribution in [2.24, 2.45) is 4.99 Å². The van der Waals surface area contributed by atoms with Crippen LogP contribution in [0.2, 0.25) is 0 Å². The Bertz CT molecular complexity index is 374. The molecule has 0 aromatic heterocycles. The van der Waals surface area contributed by atoms with Gasteiger partial charge in [0.1, 0.15) is 0 Å². The first kappa shape index (κ1) is 20.7. The fourth-order valence-electron chi connectivity index (χ4n) is 2.97. The third kappa shape index (κ3) is 5.63. The minimum atomic E-state index is 0. The van der Waals surface area contributed by atoms with E-state index in [4.69, 9.17) is 4.74 Å². The molecule has 0 radical (unpaired) electrons. The Labute approximate surface area is 161 Å². The van der Waals surface area contributed by atoms with Crippen LogP contribution in [0.5, 0.6) is 0 Å². The number of guanidine groups is 1. The Morgan fingerprint density at radius 2 is 2.05 bits per heavy atom. The van der Waals surface area contributed by atoms with E-state index >= 15 is 0 Å². The fourth-order valence-corrected chi connectivity index (χ4v) is 4.87. The van der Waals surface area contributed by atoms with E-state index in [2.05, 4.69) is 47.1 Å². The van der Waals surface area contributed by atoms with Crippen LogP contribution in [0.4, 0.5) is 0 Å². The van der Waals surface area contributed by atoms with Crippen LogP contribution < -0.4 is 5.32 Å². The van der Waals surface area contributed by atoms with Gasteiger partial charge in [-0.15, -0.1) is 24.0 Å². The molecule has 0 aliphatic carbocycles. The summed E-state index contributed by atoms with van der Waals surface area (Å²) >= 11 is 4.03. The van der Waals surface area contributed by atoms with Gasteiger partial charge in [0.05, 0.1) is 0 Å². The quantitative estimate of drug-likeness (QED) is 0.399. The molecule has 0 atom stereocenters. The molecule has 0 saturated carbocycles. The molecule has 2 heterocycles. The van der Waals surface area contributed by atoms with E-state index in [1.807, 2.05) is 18.8 Å². The first-order chi connectivity index (χ1) is 10.0. The van der Waals surface area contributed by atoms with E-state index in [1.165, 1.54) is 5.75 Å². The Kier molecular flexibility index (Phi) is 8.68. The lowest BCUT2D eigenvalue weighted by atomic mass is 9.99. The second-order valence-electron chi connectivity index (χ2n) is 6.43. The van der Waals surface area contributed by atoms with Crippen molar-refractivity contribution in [3.05, 3.63) is 0 Å². The van der Waals surface area contributed by atoms with Gasteiger partial charge < -0.3 is 15.0 Å². The van der Waals surface area contributed by atoms with Crippen LogP contribution in [0.3, 0.4) is 0 Å². The smallest absolute Gasteiger partial charge is 0.193 e. The van der Waals surface area contributed by atoms with Crippen molar-refractivity contribution in [1.82, 2.24) is 10.2 Å². The number of nitrogens with zero attached hydrogens (tertiary/aromatic N) is 2. The molecule has 0 spiro atoms. The molecular formula is C15H30IN3OS2. The molecule has 0 amide bonds. The monoisotopic (exact) mass is 459 g/mol. The lowest BCUT2D eigenvalue weighted by molar-refractivity contribution is 0.0781. The summed E-state index contributed by atoms with van der Waals surface area (Å²) in [5.41, 5.74) is 0. The van der Waals surface area contributed by atoms with Crippen molar-refractivity contribution >= 4 is 53.5 Å². The maximum atomic E-state index is 5.52. The summed E-state index contributed by atoms with van der Waals surface area (Å²) in [4.78, 5) is 6.92. The minimum absolute atomic E-state index is 0. The maximum Gasteiger partial charge on any atom is 0.193 e. The highest BCUT2D eigenvalue weighted by Gasteiger charge is 2.33. The topological polar surface area (TPSA) is 36.9 Å². The van der Waals surface area contributed by atoms with Gasteiger partial charge in [0, 0.05) is 55.1 Å². The van der Waals surface area contributed by atoms with Crippen LogP contribution in [-0.2, 0) is 4.74 Å². The molecule has 7 heteroatoms. The average Bonchev–Trinajstić information content (AvgIpc) is 2.48. The van der Waals surface area contributed by atoms with Crippen LogP contribution in [0.25, 0.3) is 0 Å². The number of hydrogen-bond donors (Lipinski definition) is 1. The molecule has 2 saturated heterocycles. The Hall–Kier alpha value is 0.660. The Morgan fingerprint density at radius 3 is 2.59 bits per heavy atom. The predicted octanol–water partition coefficient (Wildman–Crippen LogP) is 2.92. The van der Waals surface area contributed by atoms with Crippen LogP contribution >= 0.6 is 47.5 Å². The standard InChI is InChI=1S/C15H29N3OS2.HI/c1-14(2)12-18(7-10-21-14)13(16-3)17-11-15(20-4)5-8-19-9-6-15;/h5-12H2,1-4H3,(H,16,17);1H. The molecule has 4 nitrogen and oxygen atoms in total. The normalized spacial score (nSPS) is 24.5. The van der Waals surface area contributed by atoms with E-state index in [-0.39, 0.29) is 24.0 Å². The first-order valence-corrected chi connectivity index (χ1v) is 9.94. The predicted molar refractivity (Wildman–Crippen MR) is 111 cm³/mol. The molecular weight excluding hydrogens is 429 g/mol. The summed E-state index contributed by atoms with van der Waals surface area (Å²) in [7, 11) is 1.90. The van der Waals surface area contributed by atoms with Crippen molar-refractivity contribution < 1.29 is 4.74 Å². The van der Waals surface area contributed by atoms with Gasteiger partial charge in [0.15, 0.2) is 5.96 Å². The zero-order valence-corrected chi connectivity index (χ0v) is 18.1. The SMILES string of the molecule is CN=C(NCC1(SC)CCOCC1)N1CCSC(C)(C)C1.I. The third-order valence-corrected chi connectivity index (χ3v) is 7.06. The van der Waals surface area contributed by atoms with Gasteiger partial charge in [-0.2, -0.15) is 23.5 Å². The van der Waals surface area contributed by atoms with E-state index < -0.39 is 0 Å². The van der Waals surface area contributed by atoms with Crippen molar-refractivity contribution in [1.29, 1.82) is 0 Å². The van der Waals surface area contributed by atoms with Gasteiger partial charge in [-0.05, 0) is 32.9 Å². The highest BCUT2D eigenvalue weighted by molar-refractivity contribution is 14.0. The number of halogens is 1. The lowest BCUT2D eigenvalue weighted by Crippen LogP contribution is -2.54. The molecule has 22 heavy (non-hydrogen) atoms. The first-order valence-electron chi connectivity index (χ1n) is 7.73. The number of thioether (sulfide) groups is 2. The summed E-state index contributed by atoms with van der Waals surface area (Å²) in [6, 6.07) is 0. The summed E-state index contributed by atoms with van der Waals surface area (Å²) < 4.78 is 6.13. The van der Waals surface area contributed by atoms with E-state index in [9.17, 15) is 0 Å². The Balaban J connectivity index is 0.00000242. The molecule has 0 aromatic carbocycles. The Morgan fingerprint density at radius 1 is 1.36 bits per heavy atom. The van der Waals surface area contributed by atoms with Crippen molar-refractivity contribution in [2.45, 2.75) is 36.2 Å². The number of rotatable bonds is 3. The number of hydrogen-bond acceptors (Lipinski definition) is 4. The molecule has 0 aromatic rings. The molecule has 2 aliphatic rings. The van der Waals surface area contributed by atoms with Crippen LogP contribution in [0.1, 0.15) is 26.7 Å². The lowest BCUT2D eigenvalue weighted by Gasteiger charge is -2.41. The van der Waals surface area contributed by atoms with Gasteiger partial charge in [-0.3, -0.25) is 4.99 Å². The second kappa shape index (κ2) is 9.22. The van der Waals surface area contributed by atoms with E-state index in [0.717, 1.165) is 51.6 Å². The highest BCUT2D eigenvalue weighted by Crippen LogP contribution is 2.33. The number of nitrogens with one attached hydrogen (secondary N) is 1. The number of ether oxygens (including phenoxy) is 1. The third-order valence-electron chi connectivity index (χ3n) is 4.34. The zero-order chi connectivity index (χ0) is 15.3. The molecule has 2 aliphatic heterocycles. The molecule has 2 rings (SSSR count). The number of aliphatic imine (C=N–C) groups is 1. The maximum absolute atomic E-state index is 5.52. The average molecular weight is 459 g/mol. The minimum Gasteiger partial charge on any atom is -0.381 e. The second-order valence-corrected chi connectivity index (χ2v) is 9.51. The molecule has 1 N–H and O–H groups in total. The van der Waals surface area contributed by atoms with Crippen molar-refractivity contribution in [2.75, 3.05) is 51.9 Å². The van der Waals surface area contributed by atoms with Crippen molar-refractivity contribution in [3.8, 4) is 0 Å². The van der Waals surface area contributed by atoms with E-state index in [1.54, 1.807) is 0 Å². The summed E-state index contributed by atoms with van der Waals surface area (Å²) in [6.07, 6.45) is 4.47. The summed E-state index contributed by atoms with van der Waals surface area (Å²) in [6.45, 7) is 9.53. The van der Waals surface area contributed by atoms with Gasteiger partial charge in [-0.25, -0.2) is 0 Å². The summed E-state index contributed by atoms with van der Waals surface area (Å²) in [5.74, 6) is 2.23. The zero-order valence-electron chi connectivity index (χ0n) is 14.2. The van der Waals surface area contributed by atoms with Crippen molar-refractivity contribution in [3.63, 3.8) is 0 Å². The van der Waals surface area contributed by atoms with Gasteiger partial charge in [0.2, 0.25) is 0 Å². The largest absolute Gasteiger partial charge is 0.381 e.